The Kier molecular flexibility index (Phi) is 6.88. The van der Waals surface area contributed by atoms with Gasteiger partial charge < -0.3 is 11.1 Å². The molecular weight excluding hydrogens is 349 g/mol. The summed E-state index contributed by atoms with van der Waals surface area (Å²) in [6.07, 6.45) is 2.00. The number of nitrogens with one attached hydrogen (secondary N) is 1. The molecular formula is C13H18BrClFN3O. The van der Waals surface area contributed by atoms with E-state index in [1.165, 1.54) is 6.07 Å². The van der Waals surface area contributed by atoms with E-state index in [4.69, 9.17) is 5.73 Å². The SMILES string of the molecule is Cl.NC1CCCN(CC(=O)Nc2ccc(Br)cc2F)C1. The number of hydrogen-bond acceptors (Lipinski definition) is 3. The van der Waals surface area contributed by atoms with Gasteiger partial charge in [-0.15, -0.1) is 12.4 Å². The molecule has 1 fully saturated rings. The molecule has 4 nitrogen and oxygen atoms in total. The Hall–Kier alpha value is -0.690. The van der Waals surface area contributed by atoms with Crippen LogP contribution in [0, 0.1) is 5.82 Å². The van der Waals surface area contributed by atoms with E-state index in [0.29, 0.717) is 4.47 Å². The highest BCUT2D eigenvalue weighted by Gasteiger charge is 2.19. The molecule has 3 N–H and O–H groups in total. The van der Waals surface area contributed by atoms with Crippen molar-refractivity contribution < 1.29 is 9.18 Å². The number of carbonyl (C=O) groups is 1. The van der Waals surface area contributed by atoms with E-state index in [9.17, 15) is 9.18 Å². The summed E-state index contributed by atoms with van der Waals surface area (Å²) in [5.41, 5.74) is 6.06. The minimum absolute atomic E-state index is 0. The number of piperidine rings is 1. The molecule has 0 aliphatic carbocycles. The average Bonchev–Trinajstić information content (AvgIpc) is 2.33. The van der Waals surface area contributed by atoms with Gasteiger partial charge >= 0.3 is 0 Å². The molecule has 0 saturated carbocycles. The maximum atomic E-state index is 13.6. The van der Waals surface area contributed by atoms with Crippen LogP contribution in [0.5, 0.6) is 0 Å². The minimum Gasteiger partial charge on any atom is -0.327 e. The van der Waals surface area contributed by atoms with Crippen LogP contribution in [-0.2, 0) is 4.79 Å². The molecule has 112 valence electrons. The van der Waals surface area contributed by atoms with Crippen LogP contribution in [0.25, 0.3) is 0 Å². The van der Waals surface area contributed by atoms with Gasteiger partial charge in [0.05, 0.1) is 12.2 Å². The molecule has 1 saturated heterocycles. The van der Waals surface area contributed by atoms with E-state index in [0.717, 1.165) is 25.9 Å². The highest BCUT2D eigenvalue weighted by atomic mass is 79.9. The van der Waals surface area contributed by atoms with Gasteiger partial charge in [-0.25, -0.2) is 4.39 Å². The summed E-state index contributed by atoms with van der Waals surface area (Å²) in [5.74, 6) is -0.659. The first-order valence-corrected chi connectivity index (χ1v) is 7.07. The summed E-state index contributed by atoms with van der Waals surface area (Å²) in [6, 6.07) is 4.69. The molecule has 1 unspecified atom stereocenters. The molecule has 0 aromatic heterocycles. The third kappa shape index (κ3) is 5.01. The molecule has 7 heteroatoms. The molecule has 20 heavy (non-hydrogen) atoms. The largest absolute Gasteiger partial charge is 0.327 e. The normalized spacial score (nSPS) is 19.2. The van der Waals surface area contributed by atoms with Crippen LogP contribution in [0.4, 0.5) is 10.1 Å². The number of benzene rings is 1. The van der Waals surface area contributed by atoms with Crippen LogP contribution in [-0.4, -0.2) is 36.5 Å². The lowest BCUT2D eigenvalue weighted by atomic mass is 10.1. The summed E-state index contributed by atoms with van der Waals surface area (Å²) in [5, 5.41) is 2.58. The van der Waals surface area contributed by atoms with Crippen molar-refractivity contribution in [3.05, 3.63) is 28.5 Å². The van der Waals surface area contributed by atoms with Gasteiger partial charge in [-0.1, -0.05) is 15.9 Å². The molecule has 1 heterocycles. The Labute approximate surface area is 132 Å². The molecule has 1 aliphatic heterocycles. The maximum Gasteiger partial charge on any atom is 0.238 e. The standard InChI is InChI=1S/C13H17BrFN3O.ClH/c14-9-3-4-12(11(15)6-9)17-13(19)8-18-5-1-2-10(16)7-18;/h3-4,6,10H,1-2,5,7-8,16H2,(H,17,19);1H. The van der Waals surface area contributed by atoms with Crippen molar-refractivity contribution in [1.29, 1.82) is 0 Å². The van der Waals surface area contributed by atoms with E-state index >= 15 is 0 Å². The van der Waals surface area contributed by atoms with E-state index in [2.05, 4.69) is 21.2 Å². The van der Waals surface area contributed by atoms with Gasteiger partial charge in [-0.2, -0.15) is 0 Å². The van der Waals surface area contributed by atoms with Gasteiger partial charge in [0.1, 0.15) is 5.82 Å². The molecule has 1 aromatic rings. The summed E-state index contributed by atoms with van der Waals surface area (Å²) >= 11 is 3.17. The van der Waals surface area contributed by atoms with Crippen LogP contribution < -0.4 is 11.1 Å². The van der Waals surface area contributed by atoms with Crippen molar-refractivity contribution >= 4 is 39.9 Å². The Morgan fingerprint density at radius 1 is 1.55 bits per heavy atom. The molecule has 1 aromatic carbocycles. The average molecular weight is 367 g/mol. The van der Waals surface area contributed by atoms with Crippen LogP contribution >= 0.6 is 28.3 Å². The number of nitrogens with two attached hydrogens (primary N) is 1. The first-order chi connectivity index (χ1) is 9.04. The third-order valence-electron chi connectivity index (χ3n) is 3.11. The number of halogens is 3. The zero-order valence-electron chi connectivity index (χ0n) is 10.9. The van der Waals surface area contributed by atoms with Gasteiger partial charge in [0.25, 0.3) is 0 Å². The molecule has 0 spiro atoms. The van der Waals surface area contributed by atoms with Gasteiger partial charge in [0.15, 0.2) is 0 Å². The number of anilines is 1. The van der Waals surface area contributed by atoms with E-state index in [1.54, 1.807) is 12.1 Å². The number of amides is 1. The zero-order valence-corrected chi connectivity index (χ0v) is 13.3. The summed E-state index contributed by atoms with van der Waals surface area (Å²) in [7, 11) is 0. The fourth-order valence-corrected chi connectivity index (χ4v) is 2.55. The second kappa shape index (κ2) is 7.93. The molecule has 0 radical (unpaired) electrons. The first kappa shape index (κ1) is 17.4. The van der Waals surface area contributed by atoms with Crippen molar-refractivity contribution in [3.63, 3.8) is 0 Å². The second-order valence-corrected chi connectivity index (χ2v) is 5.73. The molecule has 1 amide bonds. The number of likely N-dealkylation sites (tertiary alicyclic amines) is 1. The van der Waals surface area contributed by atoms with Gasteiger partial charge in [-0.05, 0) is 37.6 Å². The highest BCUT2D eigenvalue weighted by molar-refractivity contribution is 9.10. The quantitative estimate of drug-likeness (QED) is 0.863. The molecule has 2 rings (SSSR count). The van der Waals surface area contributed by atoms with Gasteiger partial charge in [0, 0.05) is 17.1 Å². The van der Waals surface area contributed by atoms with Crippen molar-refractivity contribution in [2.24, 2.45) is 5.73 Å². The van der Waals surface area contributed by atoms with Crippen molar-refractivity contribution in [2.75, 3.05) is 25.0 Å². The van der Waals surface area contributed by atoms with Crippen LogP contribution in [0.2, 0.25) is 0 Å². The lowest BCUT2D eigenvalue weighted by Crippen LogP contribution is -2.45. The summed E-state index contributed by atoms with van der Waals surface area (Å²) in [4.78, 5) is 13.9. The predicted octanol–water partition coefficient (Wildman–Crippen LogP) is 2.37. The number of nitrogens with zero attached hydrogens (tertiary/aromatic N) is 1. The van der Waals surface area contributed by atoms with Crippen LogP contribution in [0.1, 0.15) is 12.8 Å². The van der Waals surface area contributed by atoms with E-state index < -0.39 is 5.82 Å². The fourth-order valence-electron chi connectivity index (χ4n) is 2.22. The third-order valence-corrected chi connectivity index (χ3v) is 3.61. The monoisotopic (exact) mass is 365 g/mol. The minimum atomic E-state index is -0.446. The number of rotatable bonds is 3. The van der Waals surface area contributed by atoms with Crippen molar-refractivity contribution in [3.8, 4) is 0 Å². The van der Waals surface area contributed by atoms with Gasteiger partial charge in [-0.3, -0.25) is 9.69 Å². The Bertz CT molecular complexity index is 475. The Morgan fingerprint density at radius 2 is 2.30 bits per heavy atom. The Balaban J connectivity index is 0.00000200. The van der Waals surface area contributed by atoms with Crippen molar-refractivity contribution in [1.82, 2.24) is 4.90 Å². The van der Waals surface area contributed by atoms with Gasteiger partial charge in [0.2, 0.25) is 5.91 Å². The van der Waals surface area contributed by atoms with E-state index in [1.807, 2.05) is 4.90 Å². The smallest absolute Gasteiger partial charge is 0.238 e. The van der Waals surface area contributed by atoms with E-state index in [-0.39, 0.29) is 36.6 Å². The molecule has 0 bridgehead atoms. The first-order valence-electron chi connectivity index (χ1n) is 6.27. The zero-order chi connectivity index (χ0) is 13.8. The number of hydrogen-bond donors (Lipinski definition) is 2. The van der Waals surface area contributed by atoms with Crippen LogP contribution in [0.3, 0.4) is 0 Å². The number of carbonyl (C=O) groups excluding carboxylic acids is 1. The topological polar surface area (TPSA) is 58.4 Å². The Morgan fingerprint density at radius 3 is 2.95 bits per heavy atom. The fraction of sp³-hybridized carbons (Fsp3) is 0.462. The molecule has 1 aliphatic rings. The highest BCUT2D eigenvalue weighted by Crippen LogP contribution is 2.19. The maximum absolute atomic E-state index is 13.6. The predicted molar refractivity (Wildman–Crippen MR) is 83.6 cm³/mol. The van der Waals surface area contributed by atoms with Crippen molar-refractivity contribution in [2.45, 2.75) is 18.9 Å². The summed E-state index contributed by atoms with van der Waals surface area (Å²) < 4.78 is 14.2. The molecule has 1 atom stereocenters. The van der Waals surface area contributed by atoms with Crippen LogP contribution in [0.15, 0.2) is 22.7 Å². The summed E-state index contributed by atoms with van der Waals surface area (Å²) in [6.45, 7) is 1.84. The second-order valence-electron chi connectivity index (χ2n) is 4.81. The lowest BCUT2D eigenvalue weighted by Gasteiger charge is -2.29. The lowest BCUT2D eigenvalue weighted by molar-refractivity contribution is -0.117.